The second-order valence-electron chi connectivity index (χ2n) is 9.00. The molecule has 0 spiro atoms. The fourth-order valence-corrected chi connectivity index (χ4v) is 5.32. The average Bonchev–Trinajstić information content (AvgIpc) is 3.00. The lowest BCUT2D eigenvalue weighted by atomic mass is 10.1. The van der Waals surface area contributed by atoms with Gasteiger partial charge in [-0.2, -0.15) is 0 Å². The summed E-state index contributed by atoms with van der Waals surface area (Å²) in [5, 5.41) is 7.53. The highest BCUT2D eigenvalue weighted by molar-refractivity contribution is 8.00. The number of ether oxygens (including phenoxy) is 2. The molecule has 5 aromatic carbocycles. The molecule has 0 heterocycles. The molecule has 5 aromatic rings. The first-order valence-corrected chi connectivity index (χ1v) is 13.6. The van der Waals surface area contributed by atoms with Crippen LogP contribution in [-0.4, -0.2) is 26.0 Å². The summed E-state index contributed by atoms with van der Waals surface area (Å²) in [6, 6.07) is 35.9. The summed E-state index contributed by atoms with van der Waals surface area (Å²) in [7, 11) is 3.13. The van der Waals surface area contributed by atoms with Crippen LogP contribution in [0.1, 0.15) is 21.2 Å². The van der Waals surface area contributed by atoms with E-state index in [0.29, 0.717) is 28.4 Å². The van der Waals surface area contributed by atoms with Crippen LogP contribution in [0.5, 0.6) is 11.5 Å². The van der Waals surface area contributed by atoms with E-state index in [1.807, 2.05) is 97.1 Å². The summed E-state index contributed by atoms with van der Waals surface area (Å²) in [4.78, 5) is 27.3. The Bertz CT molecular complexity index is 1640. The van der Waals surface area contributed by atoms with Crippen molar-refractivity contribution in [2.24, 2.45) is 0 Å². The maximum Gasteiger partial charge on any atom is 0.255 e. The SMILES string of the molecule is COc1ccc(OC)c(NC(=O)C(Sc2ccc(NC(=O)c3ccc4ccccc4c3)cc2)c2ccccc2)c1. The number of anilines is 2. The van der Waals surface area contributed by atoms with Gasteiger partial charge in [0, 0.05) is 22.2 Å². The number of fused-ring (bicyclic) bond motifs is 1. The van der Waals surface area contributed by atoms with Crippen molar-refractivity contribution >= 4 is 45.7 Å². The van der Waals surface area contributed by atoms with E-state index < -0.39 is 5.25 Å². The lowest BCUT2D eigenvalue weighted by Crippen LogP contribution is -2.19. The molecule has 200 valence electrons. The van der Waals surface area contributed by atoms with Crippen LogP contribution < -0.4 is 20.1 Å². The molecule has 0 saturated carbocycles. The van der Waals surface area contributed by atoms with Gasteiger partial charge in [0.1, 0.15) is 16.7 Å². The summed E-state index contributed by atoms with van der Waals surface area (Å²) >= 11 is 1.42. The molecule has 0 saturated heterocycles. The molecule has 2 N–H and O–H groups in total. The number of amides is 2. The molecule has 0 aliphatic rings. The van der Waals surface area contributed by atoms with Crippen LogP contribution in [0.4, 0.5) is 11.4 Å². The van der Waals surface area contributed by atoms with Crippen LogP contribution >= 0.6 is 11.8 Å². The van der Waals surface area contributed by atoms with Crippen molar-refractivity contribution < 1.29 is 19.1 Å². The smallest absolute Gasteiger partial charge is 0.255 e. The molecule has 5 rings (SSSR count). The van der Waals surface area contributed by atoms with Crippen LogP contribution in [0.2, 0.25) is 0 Å². The van der Waals surface area contributed by atoms with Gasteiger partial charge in [-0.3, -0.25) is 9.59 Å². The second kappa shape index (κ2) is 12.4. The maximum absolute atomic E-state index is 13.6. The quantitative estimate of drug-likeness (QED) is 0.186. The Morgan fingerprint density at radius 2 is 1.43 bits per heavy atom. The molecule has 0 bridgehead atoms. The lowest BCUT2D eigenvalue weighted by Gasteiger charge is -2.19. The van der Waals surface area contributed by atoms with Crippen LogP contribution in [-0.2, 0) is 4.79 Å². The fourth-order valence-electron chi connectivity index (χ4n) is 4.30. The minimum absolute atomic E-state index is 0.181. The predicted octanol–water partition coefficient (Wildman–Crippen LogP) is 7.58. The summed E-state index contributed by atoms with van der Waals surface area (Å²) in [5.41, 5.74) is 2.65. The number of benzene rings is 5. The normalized spacial score (nSPS) is 11.4. The molecule has 2 amide bonds. The largest absolute Gasteiger partial charge is 0.497 e. The molecule has 0 aliphatic heterocycles. The van der Waals surface area contributed by atoms with E-state index >= 15 is 0 Å². The third-order valence-electron chi connectivity index (χ3n) is 6.38. The van der Waals surface area contributed by atoms with Gasteiger partial charge in [0.15, 0.2) is 0 Å². The first-order chi connectivity index (χ1) is 19.5. The molecule has 0 radical (unpaired) electrons. The zero-order chi connectivity index (χ0) is 27.9. The zero-order valence-electron chi connectivity index (χ0n) is 22.1. The number of hydrogen-bond acceptors (Lipinski definition) is 5. The molecule has 40 heavy (non-hydrogen) atoms. The number of hydrogen-bond donors (Lipinski definition) is 2. The number of methoxy groups -OCH3 is 2. The Labute approximate surface area is 237 Å². The van der Waals surface area contributed by atoms with E-state index in [1.165, 1.54) is 11.8 Å². The van der Waals surface area contributed by atoms with Crippen LogP contribution in [0.25, 0.3) is 10.8 Å². The van der Waals surface area contributed by atoms with Gasteiger partial charge in [-0.1, -0.05) is 60.7 Å². The fraction of sp³-hybridized carbons (Fsp3) is 0.0909. The van der Waals surface area contributed by atoms with Gasteiger partial charge in [0.25, 0.3) is 5.91 Å². The number of rotatable bonds is 9. The van der Waals surface area contributed by atoms with Gasteiger partial charge in [-0.05, 0) is 64.9 Å². The van der Waals surface area contributed by atoms with Crippen molar-refractivity contribution in [3.8, 4) is 11.5 Å². The molecule has 1 atom stereocenters. The Hall–Kier alpha value is -4.75. The Kier molecular flexibility index (Phi) is 8.32. The van der Waals surface area contributed by atoms with Crippen molar-refractivity contribution in [3.05, 3.63) is 126 Å². The average molecular weight is 549 g/mol. The van der Waals surface area contributed by atoms with E-state index in [4.69, 9.17) is 9.47 Å². The van der Waals surface area contributed by atoms with Crippen molar-refractivity contribution in [1.29, 1.82) is 0 Å². The van der Waals surface area contributed by atoms with E-state index in [1.54, 1.807) is 32.4 Å². The van der Waals surface area contributed by atoms with E-state index in [0.717, 1.165) is 21.2 Å². The highest BCUT2D eigenvalue weighted by atomic mass is 32.2. The van der Waals surface area contributed by atoms with Crippen molar-refractivity contribution in [1.82, 2.24) is 0 Å². The third-order valence-corrected chi connectivity index (χ3v) is 7.65. The van der Waals surface area contributed by atoms with Crippen molar-refractivity contribution in [2.45, 2.75) is 10.1 Å². The van der Waals surface area contributed by atoms with Crippen molar-refractivity contribution in [3.63, 3.8) is 0 Å². The maximum atomic E-state index is 13.6. The minimum atomic E-state index is -0.532. The number of nitrogens with one attached hydrogen (secondary N) is 2. The van der Waals surface area contributed by atoms with E-state index in [9.17, 15) is 9.59 Å². The van der Waals surface area contributed by atoms with Crippen LogP contribution in [0.3, 0.4) is 0 Å². The van der Waals surface area contributed by atoms with E-state index in [-0.39, 0.29) is 11.8 Å². The zero-order valence-corrected chi connectivity index (χ0v) is 22.9. The lowest BCUT2D eigenvalue weighted by molar-refractivity contribution is -0.115. The standard InChI is InChI=1S/C33H28N2O4S/c1-38-27-16-19-30(39-2)29(21-27)35-33(37)31(23-9-4-3-5-10-23)40-28-17-14-26(15-18-28)34-32(36)25-13-12-22-8-6-7-11-24(22)20-25/h3-21,31H,1-2H3,(H,34,36)(H,35,37). The summed E-state index contributed by atoms with van der Waals surface area (Å²) in [6.07, 6.45) is 0. The molecule has 0 aliphatic carbocycles. The first kappa shape index (κ1) is 26.8. The topological polar surface area (TPSA) is 76.7 Å². The predicted molar refractivity (Wildman–Crippen MR) is 162 cm³/mol. The Balaban J connectivity index is 1.32. The van der Waals surface area contributed by atoms with Crippen LogP contribution in [0, 0.1) is 0 Å². The number of carbonyl (C=O) groups excluding carboxylic acids is 2. The molecular weight excluding hydrogens is 520 g/mol. The molecular formula is C33H28N2O4S. The summed E-state index contributed by atoms with van der Waals surface area (Å²) in [5.74, 6) is 0.773. The summed E-state index contributed by atoms with van der Waals surface area (Å²) < 4.78 is 10.8. The number of thioether (sulfide) groups is 1. The van der Waals surface area contributed by atoms with Crippen molar-refractivity contribution in [2.75, 3.05) is 24.9 Å². The monoisotopic (exact) mass is 548 g/mol. The van der Waals surface area contributed by atoms with E-state index in [2.05, 4.69) is 10.6 Å². The highest BCUT2D eigenvalue weighted by Crippen LogP contribution is 2.38. The molecule has 6 nitrogen and oxygen atoms in total. The Morgan fingerprint density at radius 1 is 0.700 bits per heavy atom. The number of carbonyl (C=O) groups is 2. The Morgan fingerprint density at radius 3 is 2.15 bits per heavy atom. The molecule has 0 fully saturated rings. The first-order valence-electron chi connectivity index (χ1n) is 12.7. The summed E-state index contributed by atoms with van der Waals surface area (Å²) in [6.45, 7) is 0. The second-order valence-corrected chi connectivity index (χ2v) is 10.2. The highest BCUT2D eigenvalue weighted by Gasteiger charge is 2.23. The van der Waals surface area contributed by atoms with Gasteiger partial charge in [0.2, 0.25) is 5.91 Å². The van der Waals surface area contributed by atoms with Gasteiger partial charge in [-0.25, -0.2) is 0 Å². The molecule has 0 aromatic heterocycles. The van der Waals surface area contributed by atoms with Gasteiger partial charge >= 0.3 is 0 Å². The minimum Gasteiger partial charge on any atom is -0.497 e. The van der Waals surface area contributed by atoms with Gasteiger partial charge in [0.05, 0.1) is 19.9 Å². The molecule has 1 unspecified atom stereocenters. The molecule has 7 heteroatoms. The van der Waals surface area contributed by atoms with Gasteiger partial charge < -0.3 is 20.1 Å². The van der Waals surface area contributed by atoms with Gasteiger partial charge in [-0.15, -0.1) is 11.8 Å². The van der Waals surface area contributed by atoms with Crippen LogP contribution in [0.15, 0.2) is 120 Å². The third kappa shape index (κ3) is 6.27.